The number of halogens is 1. The van der Waals surface area contributed by atoms with Gasteiger partial charge >= 0.3 is 0 Å². The molecular formula is C8H18ClN. The maximum Gasteiger partial charge on any atom is 0.0788 e. The molecule has 1 fully saturated rings. The molecule has 1 rings (SSSR count). The maximum atomic E-state index is 2.31. The largest absolute Gasteiger partial charge is 1.00 e. The smallest absolute Gasteiger partial charge is 0.0788 e. The van der Waals surface area contributed by atoms with Gasteiger partial charge in [-0.2, -0.15) is 0 Å². The average Bonchev–Trinajstić information content (AvgIpc) is 2.36. The summed E-state index contributed by atoms with van der Waals surface area (Å²) in [5, 5.41) is 0. The summed E-state index contributed by atoms with van der Waals surface area (Å²) in [6.07, 6.45) is 2.92. The van der Waals surface area contributed by atoms with Crippen molar-refractivity contribution in [3.63, 3.8) is 0 Å². The molecule has 62 valence electrons. The van der Waals surface area contributed by atoms with Gasteiger partial charge in [0.2, 0.25) is 0 Å². The van der Waals surface area contributed by atoms with E-state index in [1.54, 1.807) is 0 Å². The highest BCUT2D eigenvalue weighted by Crippen LogP contribution is 2.17. The van der Waals surface area contributed by atoms with Gasteiger partial charge in [0.15, 0.2) is 0 Å². The van der Waals surface area contributed by atoms with E-state index in [0.717, 1.165) is 0 Å². The number of hydrogen-bond acceptors (Lipinski definition) is 0. The van der Waals surface area contributed by atoms with Gasteiger partial charge in [0.25, 0.3) is 0 Å². The van der Waals surface area contributed by atoms with Crippen molar-refractivity contribution < 1.29 is 16.9 Å². The second-order valence-corrected chi connectivity index (χ2v) is 3.13. The first kappa shape index (κ1) is 10.2. The zero-order valence-corrected chi connectivity index (χ0v) is 7.82. The Morgan fingerprint density at radius 1 is 1.00 bits per heavy atom. The number of quaternary nitrogens is 1. The van der Waals surface area contributed by atoms with Crippen LogP contribution in [0.25, 0.3) is 0 Å². The Bertz CT molecular complexity index is 81.3. The summed E-state index contributed by atoms with van der Waals surface area (Å²) in [5.41, 5.74) is 0. The SMILES string of the molecule is CC[N+]1(CC)CCCC1.[Cl-]. The van der Waals surface area contributed by atoms with Crippen LogP contribution in [0.2, 0.25) is 0 Å². The zero-order valence-electron chi connectivity index (χ0n) is 7.07. The van der Waals surface area contributed by atoms with Crippen LogP contribution in [0.4, 0.5) is 0 Å². The van der Waals surface area contributed by atoms with E-state index >= 15 is 0 Å². The minimum atomic E-state index is 0. The fraction of sp³-hybridized carbons (Fsp3) is 1.00. The van der Waals surface area contributed by atoms with Gasteiger partial charge in [-0.1, -0.05) is 0 Å². The molecule has 0 unspecified atom stereocenters. The fourth-order valence-corrected chi connectivity index (χ4v) is 1.86. The van der Waals surface area contributed by atoms with Gasteiger partial charge in [-0.25, -0.2) is 0 Å². The Kier molecular flexibility index (Phi) is 4.30. The van der Waals surface area contributed by atoms with Gasteiger partial charge in [-0.3, -0.25) is 0 Å². The lowest BCUT2D eigenvalue weighted by Gasteiger charge is -2.31. The van der Waals surface area contributed by atoms with Crippen LogP contribution in [-0.4, -0.2) is 30.7 Å². The number of likely N-dealkylation sites (tertiary alicyclic amines) is 1. The Labute approximate surface area is 70.4 Å². The standard InChI is InChI=1S/C8H18N.ClH/c1-3-9(4-2)7-5-6-8-9;/h3-8H2,1-2H3;1H/q+1;/p-1. The van der Waals surface area contributed by atoms with Gasteiger partial charge in [-0.05, 0) is 13.8 Å². The summed E-state index contributed by atoms with van der Waals surface area (Å²) in [7, 11) is 0. The highest BCUT2D eigenvalue weighted by atomic mass is 35.5. The highest BCUT2D eigenvalue weighted by molar-refractivity contribution is 4.51. The first-order valence-corrected chi connectivity index (χ1v) is 4.18. The van der Waals surface area contributed by atoms with Gasteiger partial charge in [0.05, 0.1) is 26.2 Å². The quantitative estimate of drug-likeness (QED) is 0.442. The molecule has 1 saturated heterocycles. The Morgan fingerprint density at radius 3 is 1.60 bits per heavy atom. The highest BCUT2D eigenvalue weighted by Gasteiger charge is 2.27. The molecule has 0 atom stereocenters. The first-order chi connectivity index (χ1) is 4.33. The molecule has 1 nitrogen and oxygen atoms in total. The van der Waals surface area contributed by atoms with Crippen molar-refractivity contribution in [2.24, 2.45) is 0 Å². The normalized spacial score (nSPS) is 22.2. The predicted octanol–water partition coefficient (Wildman–Crippen LogP) is -1.36. The van der Waals surface area contributed by atoms with Crippen LogP contribution in [-0.2, 0) is 0 Å². The molecular weight excluding hydrogens is 146 g/mol. The molecule has 2 heteroatoms. The van der Waals surface area contributed by atoms with E-state index < -0.39 is 0 Å². The van der Waals surface area contributed by atoms with Crippen molar-refractivity contribution in [2.45, 2.75) is 26.7 Å². The van der Waals surface area contributed by atoms with Crippen LogP contribution in [0, 0.1) is 0 Å². The molecule has 0 aromatic carbocycles. The van der Waals surface area contributed by atoms with Crippen molar-refractivity contribution in [3.8, 4) is 0 Å². The molecule has 0 bridgehead atoms. The van der Waals surface area contributed by atoms with Crippen LogP contribution < -0.4 is 12.4 Å². The third-order valence-electron chi connectivity index (χ3n) is 2.86. The molecule has 0 aliphatic carbocycles. The molecule has 0 N–H and O–H groups in total. The van der Waals surface area contributed by atoms with Crippen LogP contribution in [0.15, 0.2) is 0 Å². The summed E-state index contributed by atoms with van der Waals surface area (Å²) in [5.74, 6) is 0. The zero-order chi connectivity index (χ0) is 6.74. The van der Waals surface area contributed by atoms with Gasteiger partial charge in [-0.15, -0.1) is 0 Å². The van der Waals surface area contributed by atoms with Crippen molar-refractivity contribution in [3.05, 3.63) is 0 Å². The van der Waals surface area contributed by atoms with Crippen LogP contribution >= 0.6 is 0 Å². The molecule has 1 aliphatic rings. The van der Waals surface area contributed by atoms with Crippen LogP contribution in [0.3, 0.4) is 0 Å². The summed E-state index contributed by atoms with van der Waals surface area (Å²) >= 11 is 0. The van der Waals surface area contributed by atoms with Crippen molar-refractivity contribution in [1.82, 2.24) is 0 Å². The lowest BCUT2D eigenvalue weighted by molar-refractivity contribution is -0.913. The molecule has 0 radical (unpaired) electrons. The van der Waals surface area contributed by atoms with E-state index in [9.17, 15) is 0 Å². The van der Waals surface area contributed by atoms with Crippen LogP contribution in [0.5, 0.6) is 0 Å². The molecule has 0 saturated carbocycles. The second kappa shape index (κ2) is 4.20. The molecule has 0 aromatic rings. The van der Waals surface area contributed by atoms with Gasteiger partial charge < -0.3 is 16.9 Å². The van der Waals surface area contributed by atoms with E-state index in [0.29, 0.717) is 0 Å². The predicted molar refractivity (Wildman–Crippen MR) is 40.3 cm³/mol. The Hall–Kier alpha value is 0.250. The number of rotatable bonds is 2. The number of hydrogen-bond donors (Lipinski definition) is 0. The minimum absolute atomic E-state index is 0. The minimum Gasteiger partial charge on any atom is -1.00 e. The van der Waals surface area contributed by atoms with E-state index in [4.69, 9.17) is 0 Å². The summed E-state index contributed by atoms with van der Waals surface area (Å²) < 4.78 is 1.39. The topological polar surface area (TPSA) is 0 Å². The maximum absolute atomic E-state index is 2.31. The van der Waals surface area contributed by atoms with E-state index in [1.165, 1.54) is 43.5 Å². The second-order valence-electron chi connectivity index (χ2n) is 3.13. The summed E-state index contributed by atoms with van der Waals surface area (Å²) in [6.45, 7) is 10.2. The number of nitrogens with zero attached hydrogens (tertiary/aromatic N) is 1. The molecule has 0 amide bonds. The monoisotopic (exact) mass is 163 g/mol. The van der Waals surface area contributed by atoms with Crippen LogP contribution in [0.1, 0.15) is 26.7 Å². The first-order valence-electron chi connectivity index (χ1n) is 4.18. The molecule has 0 aromatic heterocycles. The average molecular weight is 164 g/mol. The lowest BCUT2D eigenvalue weighted by Crippen LogP contribution is -3.00. The fourth-order valence-electron chi connectivity index (χ4n) is 1.86. The van der Waals surface area contributed by atoms with E-state index in [1.807, 2.05) is 0 Å². The molecule has 1 aliphatic heterocycles. The van der Waals surface area contributed by atoms with Crippen molar-refractivity contribution in [2.75, 3.05) is 26.2 Å². The molecule has 10 heavy (non-hydrogen) atoms. The Morgan fingerprint density at radius 2 is 1.40 bits per heavy atom. The van der Waals surface area contributed by atoms with Crippen molar-refractivity contribution >= 4 is 0 Å². The van der Waals surface area contributed by atoms with Gasteiger partial charge in [0, 0.05) is 12.8 Å². The van der Waals surface area contributed by atoms with Crippen molar-refractivity contribution in [1.29, 1.82) is 0 Å². The third-order valence-corrected chi connectivity index (χ3v) is 2.86. The Balaban J connectivity index is 0.000000810. The molecule has 0 spiro atoms. The third kappa shape index (κ3) is 1.86. The lowest BCUT2D eigenvalue weighted by atomic mass is 10.4. The van der Waals surface area contributed by atoms with Gasteiger partial charge in [0.1, 0.15) is 0 Å². The molecule has 1 heterocycles. The van der Waals surface area contributed by atoms with E-state index in [2.05, 4.69) is 13.8 Å². The van der Waals surface area contributed by atoms with E-state index in [-0.39, 0.29) is 12.4 Å². The summed E-state index contributed by atoms with van der Waals surface area (Å²) in [4.78, 5) is 0. The summed E-state index contributed by atoms with van der Waals surface area (Å²) in [6, 6.07) is 0.